The topological polar surface area (TPSA) is 106 Å². The Hall–Kier alpha value is -3.11. The van der Waals surface area contributed by atoms with Crippen molar-refractivity contribution in [3.63, 3.8) is 0 Å². The Bertz CT molecular complexity index is 1370. The molecule has 210 valence electrons. The summed E-state index contributed by atoms with van der Waals surface area (Å²) >= 11 is 1.60. The highest BCUT2D eigenvalue weighted by molar-refractivity contribution is 7.13. The number of nitrogens with one attached hydrogen (secondary N) is 1. The van der Waals surface area contributed by atoms with E-state index in [2.05, 4.69) is 10.3 Å². The lowest BCUT2D eigenvalue weighted by Gasteiger charge is -2.37. The third kappa shape index (κ3) is 5.19. The number of aryl methyl sites for hydroxylation is 1. The summed E-state index contributed by atoms with van der Waals surface area (Å²) in [5.74, 6) is -0.318. The van der Waals surface area contributed by atoms with Gasteiger partial charge in [-0.2, -0.15) is 0 Å². The van der Waals surface area contributed by atoms with Crippen molar-refractivity contribution in [2.75, 3.05) is 6.54 Å². The highest BCUT2D eigenvalue weighted by Gasteiger charge is 2.48. The average Bonchev–Trinajstić information content (AvgIpc) is 3.77. The second kappa shape index (κ2) is 11.4. The van der Waals surface area contributed by atoms with E-state index < -0.39 is 24.4 Å². The lowest BCUT2D eigenvalue weighted by molar-refractivity contribution is -0.149. The zero-order valence-corrected chi connectivity index (χ0v) is 23.5. The Morgan fingerprint density at radius 3 is 2.55 bits per heavy atom. The van der Waals surface area contributed by atoms with Crippen molar-refractivity contribution in [1.82, 2.24) is 20.1 Å². The Morgan fingerprint density at radius 2 is 1.85 bits per heavy atom. The van der Waals surface area contributed by atoms with Crippen LogP contribution in [0, 0.1) is 12.8 Å². The molecule has 2 fully saturated rings. The van der Waals surface area contributed by atoms with Gasteiger partial charge in [-0.3, -0.25) is 14.5 Å². The summed E-state index contributed by atoms with van der Waals surface area (Å²) in [6.45, 7) is 2.94. The van der Waals surface area contributed by atoms with Crippen LogP contribution in [0.2, 0.25) is 0 Å². The molecule has 1 saturated carbocycles. The Kier molecular flexibility index (Phi) is 7.72. The molecule has 3 aromatic rings. The van der Waals surface area contributed by atoms with Crippen molar-refractivity contribution in [2.24, 2.45) is 5.92 Å². The molecule has 4 atom stereocenters. The average molecular weight is 561 g/mol. The number of aliphatic hydroxyl groups excluding tert-OH is 2. The van der Waals surface area contributed by atoms with Crippen LogP contribution < -0.4 is 5.32 Å². The second-order valence-corrected chi connectivity index (χ2v) is 12.2. The van der Waals surface area contributed by atoms with E-state index in [4.69, 9.17) is 0 Å². The van der Waals surface area contributed by atoms with Crippen LogP contribution in [0.15, 0.2) is 54.0 Å². The SMILES string of the molecule is Cc1ncsc1-c1ccc(CNC(=O)[C@@H]2C[C@@H](O)CN2C(=O)[C@H](C2CCCC2)N2Cc3ccccc3C2O)cc1. The summed E-state index contributed by atoms with van der Waals surface area (Å²) in [6.07, 6.45) is 2.54. The molecule has 2 aliphatic heterocycles. The van der Waals surface area contributed by atoms with Gasteiger partial charge in [-0.25, -0.2) is 4.98 Å². The maximum Gasteiger partial charge on any atom is 0.243 e. The third-order valence-electron chi connectivity index (χ3n) is 8.75. The van der Waals surface area contributed by atoms with Crippen LogP contribution in [0.4, 0.5) is 0 Å². The van der Waals surface area contributed by atoms with E-state index in [1.807, 2.05) is 65.9 Å². The summed E-state index contributed by atoms with van der Waals surface area (Å²) in [6, 6.07) is 14.5. The quantitative estimate of drug-likeness (QED) is 0.406. The number of aromatic nitrogens is 1. The molecule has 3 heterocycles. The van der Waals surface area contributed by atoms with Gasteiger partial charge in [0.25, 0.3) is 0 Å². The minimum atomic E-state index is -0.859. The molecule has 6 rings (SSSR count). The van der Waals surface area contributed by atoms with Gasteiger partial charge in [0.15, 0.2) is 0 Å². The number of aliphatic hydroxyl groups is 2. The predicted molar refractivity (Wildman–Crippen MR) is 153 cm³/mol. The minimum absolute atomic E-state index is 0.110. The smallest absolute Gasteiger partial charge is 0.243 e. The number of thiazole rings is 1. The van der Waals surface area contributed by atoms with Crippen LogP contribution >= 0.6 is 11.3 Å². The molecule has 40 heavy (non-hydrogen) atoms. The van der Waals surface area contributed by atoms with Gasteiger partial charge in [0.1, 0.15) is 12.3 Å². The standard InChI is InChI=1S/C31H36N4O4S/c1-19-28(40-18-33-19)22-12-10-20(11-13-22)15-32-29(37)26-14-24(36)17-34(26)31(39)27(21-6-2-3-7-21)35-16-23-8-4-5-9-25(23)30(35)38/h4-5,8-13,18,21,24,26-27,30,36,38H,2-3,6-7,14-17H2,1H3,(H,32,37)/t24-,26+,27+,30?/m1/s1. The first-order valence-corrected chi connectivity index (χ1v) is 15.1. The number of β-amino-alcohol motifs (C(OH)–C–C–N with tert-alkyl or cyclic N) is 1. The summed E-state index contributed by atoms with van der Waals surface area (Å²) in [5.41, 5.74) is 6.75. The molecule has 8 nitrogen and oxygen atoms in total. The molecular formula is C31H36N4O4S. The van der Waals surface area contributed by atoms with Gasteiger partial charge in [0, 0.05) is 26.1 Å². The first-order valence-electron chi connectivity index (χ1n) is 14.2. The molecule has 1 saturated heterocycles. The van der Waals surface area contributed by atoms with Gasteiger partial charge < -0.3 is 20.4 Å². The van der Waals surface area contributed by atoms with Gasteiger partial charge in [-0.05, 0) is 47.9 Å². The molecule has 1 aromatic heterocycles. The fourth-order valence-corrected chi connectivity index (χ4v) is 7.48. The number of carbonyl (C=O) groups excluding carboxylic acids is 2. The molecule has 3 N–H and O–H groups in total. The Morgan fingerprint density at radius 1 is 1.10 bits per heavy atom. The number of likely N-dealkylation sites (tertiary alicyclic amines) is 1. The van der Waals surface area contributed by atoms with Crippen LogP contribution in [-0.4, -0.2) is 61.5 Å². The zero-order valence-electron chi connectivity index (χ0n) is 22.7. The van der Waals surface area contributed by atoms with Gasteiger partial charge in [-0.15, -0.1) is 11.3 Å². The van der Waals surface area contributed by atoms with E-state index in [0.717, 1.165) is 58.5 Å². The summed E-state index contributed by atoms with van der Waals surface area (Å²) in [5, 5.41) is 24.8. The van der Waals surface area contributed by atoms with Gasteiger partial charge >= 0.3 is 0 Å². The maximum absolute atomic E-state index is 14.2. The van der Waals surface area contributed by atoms with E-state index >= 15 is 0 Å². The third-order valence-corrected chi connectivity index (χ3v) is 9.73. The number of hydrogen-bond acceptors (Lipinski definition) is 7. The summed E-state index contributed by atoms with van der Waals surface area (Å²) in [7, 11) is 0. The fourth-order valence-electron chi connectivity index (χ4n) is 6.67. The van der Waals surface area contributed by atoms with Crippen LogP contribution in [0.1, 0.15) is 60.7 Å². The molecule has 3 aliphatic rings. The Balaban J connectivity index is 1.16. The number of benzene rings is 2. The molecule has 2 amide bonds. The first kappa shape index (κ1) is 27.1. The van der Waals surface area contributed by atoms with Crippen LogP contribution in [-0.2, 0) is 22.7 Å². The lowest BCUT2D eigenvalue weighted by Crippen LogP contribution is -2.55. The first-order chi connectivity index (χ1) is 19.4. The van der Waals surface area contributed by atoms with Crippen molar-refractivity contribution >= 4 is 23.2 Å². The predicted octanol–water partition coefficient (Wildman–Crippen LogP) is 3.76. The molecule has 1 unspecified atom stereocenters. The van der Waals surface area contributed by atoms with Gasteiger partial charge in [0.05, 0.1) is 28.2 Å². The van der Waals surface area contributed by atoms with Crippen molar-refractivity contribution < 1.29 is 19.8 Å². The van der Waals surface area contributed by atoms with E-state index in [9.17, 15) is 19.8 Å². The molecule has 9 heteroatoms. The highest BCUT2D eigenvalue weighted by atomic mass is 32.1. The maximum atomic E-state index is 14.2. The summed E-state index contributed by atoms with van der Waals surface area (Å²) in [4.78, 5) is 36.5. The minimum Gasteiger partial charge on any atom is -0.391 e. The molecule has 2 aromatic carbocycles. The van der Waals surface area contributed by atoms with Gasteiger partial charge in [0.2, 0.25) is 11.8 Å². The molecule has 0 bridgehead atoms. The highest BCUT2D eigenvalue weighted by Crippen LogP contribution is 2.40. The normalized spacial score (nSPS) is 23.9. The lowest BCUT2D eigenvalue weighted by atomic mass is 9.94. The van der Waals surface area contributed by atoms with Gasteiger partial charge in [-0.1, -0.05) is 61.4 Å². The zero-order chi connectivity index (χ0) is 27.8. The largest absolute Gasteiger partial charge is 0.391 e. The van der Waals surface area contributed by atoms with E-state index in [-0.39, 0.29) is 30.7 Å². The van der Waals surface area contributed by atoms with Crippen LogP contribution in [0.5, 0.6) is 0 Å². The fraction of sp³-hybridized carbons (Fsp3) is 0.452. The van der Waals surface area contributed by atoms with Crippen molar-refractivity contribution in [2.45, 2.75) is 76.5 Å². The van der Waals surface area contributed by atoms with Crippen molar-refractivity contribution in [1.29, 1.82) is 0 Å². The van der Waals surface area contributed by atoms with Crippen molar-refractivity contribution in [3.05, 3.63) is 76.4 Å². The molecule has 0 spiro atoms. The number of carbonyl (C=O) groups is 2. The molecular weight excluding hydrogens is 524 g/mol. The van der Waals surface area contributed by atoms with Crippen molar-refractivity contribution in [3.8, 4) is 10.4 Å². The van der Waals surface area contributed by atoms with Crippen LogP contribution in [0.25, 0.3) is 10.4 Å². The molecule has 1 aliphatic carbocycles. The van der Waals surface area contributed by atoms with Crippen LogP contribution in [0.3, 0.4) is 0 Å². The van der Waals surface area contributed by atoms with E-state index in [1.54, 1.807) is 16.2 Å². The number of nitrogens with zero attached hydrogens (tertiary/aromatic N) is 3. The number of hydrogen-bond donors (Lipinski definition) is 3. The Labute approximate surface area is 238 Å². The number of fused-ring (bicyclic) bond motifs is 1. The monoisotopic (exact) mass is 560 g/mol. The molecule has 0 radical (unpaired) electrons. The summed E-state index contributed by atoms with van der Waals surface area (Å²) < 4.78 is 0. The van der Waals surface area contributed by atoms with E-state index in [1.165, 1.54) is 0 Å². The second-order valence-electron chi connectivity index (χ2n) is 11.3. The number of rotatable bonds is 7. The number of amides is 2. The van der Waals surface area contributed by atoms with E-state index in [0.29, 0.717) is 13.1 Å².